The number of rotatable bonds is 7. The van der Waals surface area contributed by atoms with E-state index in [1.54, 1.807) is 6.20 Å². The number of carbonyl (C=O) groups excluding carboxylic acids is 1. The molecule has 7 heteroatoms. The highest BCUT2D eigenvalue weighted by Gasteiger charge is 2.25. The highest BCUT2D eigenvalue weighted by Crippen LogP contribution is 2.18. The highest BCUT2D eigenvalue weighted by molar-refractivity contribution is 5.78. The SMILES string of the molecule is O=C(NCCCn1nc2ccccn2c1=O)C1CCCN(Cc2ccccc2)C1. The molecule has 1 aliphatic rings. The number of benzene rings is 1. The predicted octanol–water partition coefficient (Wildman–Crippen LogP) is 1.91. The summed E-state index contributed by atoms with van der Waals surface area (Å²) in [6.45, 7) is 3.77. The van der Waals surface area contributed by atoms with Gasteiger partial charge in [-0.05, 0) is 43.5 Å². The first-order valence-corrected chi connectivity index (χ1v) is 10.3. The first-order valence-electron chi connectivity index (χ1n) is 10.3. The molecular formula is C22H27N5O2. The minimum absolute atomic E-state index is 0.0328. The molecule has 2 aromatic heterocycles. The van der Waals surface area contributed by atoms with Crippen molar-refractivity contribution in [3.63, 3.8) is 0 Å². The summed E-state index contributed by atoms with van der Waals surface area (Å²) in [6, 6.07) is 15.9. The van der Waals surface area contributed by atoms with Gasteiger partial charge < -0.3 is 5.32 Å². The molecule has 29 heavy (non-hydrogen) atoms. The van der Waals surface area contributed by atoms with Crippen LogP contribution in [0, 0.1) is 5.92 Å². The van der Waals surface area contributed by atoms with E-state index >= 15 is 0 Å². The van der Waals surface area contributed by atoms with E-state index in [4.69, 9.17) is 0 Å². The Kier molecular flexibility index (Phi) is 6.05. The molecule has 1 amide bonds. The van der Waals surface area contributed by atoms with Crippen molar-refractivity contribution in [3.8, 4) is 0 Å². The summed E-state index contributed by atoms with van der Waals surface area (Å²) in [4.78, 5) is 27.2. The van der Waals surface area contributed by atoms with Gasteiger partial charge in [0.1, 0.15) is 0 Å². The van der Waals surface area contributed by atoms with Crippen LogP contribution in [-0.2, 0) is 17.9 Å². The van der Waals surface area contributed by atoms with Gasteiger partial charge in [0.25, 0.3) is 0 Å². The third-order valence-corrected chi connectivity index (χ3v) is 5.46. The second-order valence-corrected chi connectivity index (χ2v) is 7.64. The average molecular weight is 393 g/mol. The molecule has 1 unspecified atom stereocenters. The molecule has 1 N–H and O–H groups in total. The van der Waals surface area contributed by atoms with E-state index in [1.807, 2.05) is 24.3 Å². The number of hydrogen-bond donors (Lipinski definition) is 1. The minimum Gasteiger partial charge on any atom is -0.356 e. The number of amides is 1. The number of nitrogens with zero attached hydrogens (tertiary/aromatic N) is 4. The Hall–Kier alpha value is -2.93. The quantitative estimate of drug-likeness (QED) is 0.623. The molecule has 0 radical (unpaired) electrons. The molecular weight excluding hydrogens is 366 g/mol. The normalized spacial score (nSPS) is 17.4. The van der Waals surface area contributed by atoms with Crippen molar-refractivity contribution in [1.82, 2.24) is 24.4 Å². The van der Waals surface area contributed by atoms with Crippen molar-refractivity contribution >= 4 is 11.6 Å². The molecule has 7 nitrogen and oxygen atoms in total. The van der Waals surface area contributed by atoms with Gasteiger partial charge in [-0.1, -0.05) is 36.4 Å². The monoisotopic (exact) mass is 393 g/mol. The summed E-state index contributed by atoms with van der Waals surface area (Å²) >= 11 is 0. The van der Waals surface area contributed by atoms with E-state index in [-0.39, 0.29) is 17.5 Å². The largest absolute Gasteiger partial charge is 0.356 e. The smallest absolute Gasteiger partial charge is 0.350 e. The van der Waals surface area contributed by atoms with Gasteiger partial charge >= 0.3 is 5.69 Å². The van der Waals surface area contributed by atoms with Crippen molar-refractivity contribution in [3.05, 3.63) is 70.8 Å². The third kappa shape index (κ3) is 4.74. The molecule has 0 spiro atoms. The summed E-state index contributed by atoms with van der Waals surface area (Å²) in [6.07, 6.45) is 4.37. The van der Waals surface area contributed by atoms with Gasteiger partial charge in [-0.25, -0.2) is 9.48 Å². The maximum absolute atomic E-state index is 12.6. The minimum atomic E-state index is -0.143. The second-order valence-electron chi connectivity index (χ2n) is 7.64. The zero-order valence-corrected chi connectivity index (χ0v) is 16.5. The average Bonchev–Trinajstić information content (AvgIpc) is 3.08. The molecule has 1 aliphatic heterocycles. The molecule has 1 fully saturated rings. The van der Waals surface area contributed by atoms with E-state index in [2.05, 4.69) is 39.6 Å². The fraction of sp³-hybridized carbons (Fsp3) is 0.409. The molecule has 3 heterocycles. The van der Waals surface area contributed by atoms with Crippen LogP contribution in [0.4, 0.5) is 0 Å². The summed E-state index contributed by atoms with van der Waals surface area (Å²) in [7, 11) is 0. The number of hydrogen-bond acceptors (Lipinski definition) is 4. The van der Waals surface area contributed by atoms with Gasteiger partial charge in [0, 0.05) is 32.4 Å². The molecule has 0 bridgehead atoms. The number of aryl methyl sites for hydroxylation is 1. The topological polar surface area (TPSA) is 71.6 Å². The maximum Gasteiger partial charge on any atom is 0.350 e. The molecule has 1 aromatic carbocycles. The molecule has 0 saturated carbocycles. The van der Waals surface area contributed by atoms with Crippen LogP contribution in [0.25, 0.3) is 5.65 Å². The Morgan fingerprint density at radius 2 is 1.97 bits per heavy atom. The molecule has 1 atom stereocenters. The van der Waals surface area contributed by atoms with Gasteiger partial charge in [0.05, 0.1) is 5.92 Å². The zero-order valence-electron chi connectivity index (χ0n) is 16.5. The van der Waals surface area contributed by atoms with Gasteiger partial charge in [0.2, 0.25) is 5.91 Å². The number of carbonyl (C=O) groups is 1. The molecule has 0 aliphatic carbocycles. The number of piperidine rings is 1. The number of fused-ring (bicyclic) bond motifs is 1. The number of aromatic nitrogens is 3. The van der Waals surface area contributed by atoms with Crippen LogP contribution < -0.4 is 11.0 Å². The Morgan fingerprint density at radius 3 is 2.79 bits per heavy atom. The first-order chi connectivity index (χ1) is 14.2. The van der Waals surface area contributed by atoms with Crippen molar-refractivity contribution in [1.29, 1.82) is 0 Å². The Labute approximate surface area is 170 Å². The summed E-state index contributed by atoms with van der Waals surface area (Å²) in [5.74, 6) is 0.149. The van der Waals surface area contributed by atoms with Crippen LogP contribution in [0.5, 0.6) is 0 Å². The lowest BCUT2D eigenvalue weighted by Crippen LogP contribution is -2.43. The van der Waals surface area contributed by atoms with Gasteiger partial charge in [0.15, 0.2) is 5.65 Å². The van der Waals surface area contributed by atoms with Crippen LogP contribution in [0.2, 0.25) is 0 Å². The van der Waals surface area contributed by atoms with E-state index in [9.17, 15) is 9.59 Å². The maximum atomic E-state index is 12.6. The highest BCUT2D eigenvalue weighted by atomic mass is 16.2. The van der Waals surface area contributed by atoms with Crippen LogP contribution in [0.1, 0.15) is 24.8 Å². The molecule has 3 aromatic rings. The lowest BCUT2D eigenvalue weighted by Gasteiger charge is -2.32. The van der Waals surface area contributed by atoms with Crippen LogP contribution >= 0.6 is 0 Å². The van der Waals surface area contributed by atoms with Crippen LogP contribution in [0.15, 0.2) is 59.5 Å². The number of pyridine rings is 1. The third-order valence-electron chi connectivity index (χ3n) is 5.46. The molecule has 152 valence electrons. The van der Waals surface area contributed by atoms with E-state index in [0.29, 0.717) is 25.2 Å². The fourth-order valence-corrected chi connectivity index (χ4v) is 3.95. The van der Waals surface area contributed by atoms with Gasteiger partial charge in [-0.2, -0.15) is 0 Å². The van der Waals surface area contributed by atoms with E-state index in [1.165, 1.54) is 14.6 Å². The van der Waals surface area contributed by atoms with Crippen LogP contribution in [0.3, 0.4) is 0 Å². The summed E-state index contributed by atoms with van der Waals surface area (Å²) in [5, 5.41) is 7.36. The van der Waals surface area contributed by atoms with Crippen molar-refractivity contribution < 1.29 is 4.79 Å². The Morgan fingerprint density at radius 1 is 1.14 bits per heavy atom. The molecule has 4 rings (SSSR count). The van der Waals surface area contributed by atoms with Crippen LogP contribution in [-0.4, -0.2) is 44.6 Å². The fourth-order valence-electron chi connectivity index (χ4n) is 3.95. The second kappa shape index (κ2) is 9.05. The number of likely N-dealkylation sites (tertiary alicyclic amines) is 1. The number of nitrogens with one attached hydrogen (secondary N) is 1. The standard InChI is InChI=1S/C22H27N5O2/c28-21(19-10-6-13-25(17-19)16-18-8-2-1-3-9-18)23-12-7-15-27-22(29)26-14-5-4-11-20(26)24-27/h1-5,8-9,11,14,19H,6-7,10,12-13,15-17H2,(H,23,28). The lowest BCUT2D eigenvalue weighted by atomic mass is 9.96. The van der Waals surface area contributed by atoms with E-state index in [0.717, 1.165) is 32.5 Å². The van der Waals surface area contributed by atoms with Gasteiger partial charge in [-0.3, -0.25) is 14.1 Å². The zero-order chi connectivity index (χ0) is 20.1. The Bertz CT molecular complexity index is 1010. The van der Waals surface area contributed by atoms with Crippen molar-refractivity contribution in [2.45, 2.75) is 32.4 Å². The Balaban J connectivity index is 1.24. The van der Waals surface area contributed by atoms with Crippen molar-refractivity contribution in [2.24, 2.45) is 5.92 Å². The predicted molar refractivity (Wildman–Crippen MR) is 112 cm³/mol. The van der Waals surface area contributed by atoms with Crippen molar-refractivity contribution in [2.75, 3.05) is 19.6 Å². The first kappa shape index (κ1) is 19.4. The van der Waals surface area contributed by atoms with E-state index < -0.39 is 0 Å². The summed E-state index contributed by atoms with van der Waals surface area (Å²) < 4.78 is 2.99. The van der Waals surface area contributed by atoms with Gasteiger partial charge in [-0.15, -0.1) is 5.10 Å². The lowest BCUT2D eigenvalue weighted by molar-refractivity contribution is -0.126. The summed E-state index contributed by atoms with van der Waals surface area (Å²) in [5.41, 5.74) is 1.78. The molecule has 1 saturated heterocycles.